The molecule has 0 saturated carbocycles. The zero-order chi connectivity index (χ0) is 8.97. The van der Waals surface area contributed by atoms with Gasteiger partial charge in [0, 0.05) is 5.56 Å². The number of hydrogen-bond acceptors (Lipinski definition) is 2. The van der Waals surface area contributed by atoms with Gasteiger partial charge in [0.1, 0.15) is 12.8 Å². The van der Waals surface area contributed by atoms with Gasteiger partial charge in [-0.3, -0.25) is 0 Å². The molecule has 0 saturated heterocycles. The minimum Gasteiger partial charge on any atom is -0.624 e. The van der Waals surface area contributed by atoms with Crippen molar-refractivity contribution in [1.29, 1.82) is 0 Å². The lowest BCUT2D eigenvalue weighted by Gasteiger charge is -1.98. The van der Waals surface area contributed by atoms with Crippen LogP contribution in [0.2, 0.25) is 0 Å². The number of rotatable bonds is 2. The van der Waals surface area contributed by atoms with Crippen LogP contribution in [0.4, 0.5) is 0 Å². The summed E-state index contributed by atoms with van der Waals surface area (Å²) in [4.78, 5) is 0. The number of hydroxylamine groups is 1. The summed E-state index contributed by atoms with van der Waals surface area (Å²) in [6.45, 7) is 0. The summed E-state index contributed by atoms with van der Waals surface area (Å²) >= 11 is 0. The third kappa shape index (κ3) is 2.27. The molecule has 64 valence electrons. The highest BCUT2D eigenvalue weighted by molar-refractivity contribution is 5.75. The first kappa shape index (κ1) is 8.59. The van der Waals surface area contributed by atoms with Crippen LogP contribution in [0.1, 0.15) is 5.56 Å². The Hall–Kier alpha value is -1.51. The fraction of sp³-hybridized carbons (Fsp3) is 0.222. The molecule has 0 heterocycles. The maximum absolute atomic E-state index is 10.6. The molecule has 0 atom stereocenters. The molecule has 12 heavy (non-hydrogen) atoms. The van der Waals surface area contributed by atoms with Crippen molar-refractivity contribution in [2.45, 2.75) is 0 Å². The lowest BCUT2D eigenvalue weighted by Crippen LogP contribution is -1.97. The highest BCUT2D eigenvalue weighted by atomic mass is 16.5. The fourth-order valence-electron chi connectivity index (χ4n) is 0.900. The van der Waals surface area contributed by atoms with E-state index in [9.17, 15) is 5.21 Å². The third-order valence-electron chi connectivity index (χ3n) is 1.45. The Morgan fingerprint density at radius 1 is 1.33 bits per heavy atom. The highest BCUT2D eigenvalue weighted by Gasteiger charge is 1.92. The minimum atomic E-state index is 0.766. The molecular weight excluding hydrogens is 154 g/mol. The van der Waals surface area contributed by atoms with Crippen molar-refractivity contribution in [3.8, 4) is 5.75 Å². The molecule has 0 bridgehead atoms. The van der Waals surface area contributed by atoms with Crippen LogP contribution in [0.15, 0.2) is 24.3 Å². The maximum atomic E-state index is 10.6. The summed E-state index contributed by atoms with van der Waals surface area (Å²) in [6.07, 6.45) is 1.50. The van der Waals surface area contributed by atoms with E-state index in [1.54, 1.807) is 7.11 Å². The van der Waals surface area contributed by atoms with Gasteiger partial charge in [0.05, 0.1) is 7.11 Å². The number of nitrogens with zero attached hydrogens (tertiary/aromatic N) is 1. The quantitative estimate of drug-likeness (QED) is 0.286. The number of benzene rings is 1. The molecule has 0 fully saturated rings. The minimum absolute atomic E-state index is 0.766. The average molecular weight is 165 g/mol. The van der Waals surface area contributed by atoms with Gasteiger partial charge in [-0.25, -0.2) is 4.74 Å². The topological polar surface area (TPSA) is 35.3 Å². The van der Waals surface area contributed by atoms with Crippen LogP contribution >= 0.6 is 0 Å². The van der Waals surface area contributed by atoms with E-state index in [2.05, 4.69) is 0 Å². The molecule has 0 radical (unpaired) electrons. The van der Waals surface area contributed by atoms with Crippen molar-refractivity contribution >= 4 is 6.21 Å². The van der Waals surface area contributed by atoms with E-state index in [0.29, 0.717) is 0 Å². The van der Waals surface area contributed by atoms with Gasteiger partial charge in [0.25, 0.3) is 0 Å². The SMILES string of the molecule is COc1ccc(/C=[N+](/C)[O-])cc1. The summed E-state index contributed by atoms with van der Waals surface area (Å²) in [5.41, 5.74) is 0.869. The van der Waals surface area contributed by atoms with Crippen LogP contribution in [-0.4, -0.2) is 25.1 Å². The standard InChI is InChI=1S/C9H11NO2/c1-10(11)7-8-3-5-9(12-2)6-4-8/h3-7H,1-2H3/b10-7-. The van der Waals surface area contributed by atoms with E-state index in [0.717, 1.165) is 16.1 Å². The lowest BCUT2D eigenvalue weighted by molar-refractivity contribution is -0.416. The van der Waals surface area contributed by atoms with Gasteiger partial charge < -0.3 is 9.94 Å². The van der Waals surface area contributed by atoms with Gasteiger partial charge >= 0.3 is 0 Å². The van der Waals surface area contributed by atoms with Gasteiger partial charge in [-0.15, -0.1) is 0 Å². The summed E-state index contributed by atoms with van der Waals surface area (Å²) in [5, 5.41) is 10.6. The number of ether oxygens (including phenoxy) is 1. The molecule has 0 aliphatic rings. The normalized spacial score (nSPS) is 11.3. The largest absolute Gasteiger partial charge is 0.624 e. The molecule has 0 spiro atoms. The second kappa shape index (κ2) is 3.76. The van der Waals surface area contributed by atoms with Gasteiger partial charge in [-0.05, 0) is 24.3 Å². The predicted molar refractivity (Wildman–Crippen MR) is 47.7 cm³/mol. The van der Waals surface area contributed by atoms with Gasteiger partial charge in [-0.1, -0.05) is 0 Å². The summed E-state index contributed by atoms with van der Waals surface area (Å²) in [6, 6.07) is 7.28. The zero-order valence-corrected chi connectivity index (χ0v) is 7.15. The van der Waals surface area contributed by atoms with Crippen LogP contribution < -0.4 is 4.74 Å². The van der Waals surface area contributed by atoms with E-state index in [1.165, 1.54) is 13.3 Å². The smallest absolute Gasteiger partial charge is 0.181 e. The highest BCUT2D eigenvalue weighted by Crippen LogP contribution is 2.09. The van der Waals surface area contributed by atoms with Crippen molar-refractivity contribution in [2.24, 2.45) is 0 Å². The van der Waals surface area contributed by atoms with E-state index in [4.69, 9.17) is 4.74 Å². The molecule has 0 unspecified atom stereocenters. The van der Waals surface area contributed by atoms with Crippen LogP contribution in [-0.2, 0) is 0 Å². The molecule has 1 aromatic carbocycles. The first-order valence-corrected chi connectivity index (χ1v) is 3.61. The van der Waals surface area contributed by atoms with Crippen molar-refractivity contribution in [2.75, 3.05) is 14.2 Å². The first-order valence-electron chi connectivity index (χ1n) is 3.61. The Kier molecular flexibility index (Phi) is 2.69. The van der Waals surface area contributed by atoms with Crippen molar-refractivity contribution in [1.82, 2.24) is 0 Å². The lowest BCUT2D eigenvalue weighted by atomic mass is 10.2. The Bertz CT molecular complexity index is 273. The molecule has 1 aromatic rings. The van der Waals surface area contributed by atoms with Crippen LogP contribution in [0.3, 0.4) is 0 Å². The maximum Gasteiger partial charge on any atom is 0.181 e. The van der Waals surface area contributed by atoms with Crippen molar-refractivity contribution < 1.29 is 9.48 Å². The molecule has 0 aromatic heterocycles. The van der Waals surface area contributed by atoms with Crippen LogP contribution in [0.5, 0.6) is 5.75 Å². The Labute approximate surface area is 71.5 Å². The average Bonchev–Trinajstić information content (AvgIpc) is 2.05. The fourth-order valence-corrected chi connectivity index (χ4v) is 0.900. The Balaban J connectivity index is 2.85. The molecule has 0 aliphatic heterocycles. The van der Waals surface area contributed by atoms with Crippen LogP contribution in [0, 0.1) is 5.21 Å². The molecule has 3 nitrogen and oxygen atoms in total. The van der Waals surface area contributed by atoms with E-state index >= 15 is 0 Å². The molecule has 0 amide bonds. The molecule has 3 heteroatoms. The summed E-state index contributed by atoms with van der Waals surface area (Å²) in [7, 11) is 3.06. The third-order valence-corrected chi connectivity index (χ3v) is 1.45. The predicted octanol–water partition coefficient (Wildman–Crippen LogP) is 1.25. The van der Waals surface area contributed by atoms with E-state index in [-0.39, 0.29) is 0 Å². The first-order chi connectivity index (χ1) is 5.72. The monoisotopic (exact) mass is 165 g/mol. The molecule has 0 N–H and O–H groups in total. The Morgan fingerprint density at radius 2 is 1.92 bits per heavy atom. The molecule has 1 rings (SSSR count). The van der Waals surface area contributed by atoms with Crippen molar-refractivity contribution in [3.63, 3.8) is 0 Å². The zero-order valence-electron chi connectivity index (χ0n) is 7.15. The number of hydrogen-bond donors (Lipinski definition) is 0. The number of methoxy groups -OCH3 is 1. The van der Waals surface area contributed by atoms with Gasteiger partial charge in [-0.2, -0.15) is 0 Å². The van der Waals surface area contributed by atoms with Gasteiger partial charge in [0.2, 0.25) is 0 Å². The summed E-state index contributed by atoms with van der Waals surface area (Å²) < 4.78 is 5.73. The van der Waals surface area contributed by atoms with E-state index < -0.39 is 0 Å². The van der Waals surface area contributed by atoms with E-state index in [1.807, 2.05) is 24.3 Å². The Morgan fingerprint density at radius 3 is 2.33 bits per heavy atom. The van der Waals surface area contributed by atoms with Crippen molar-refractivity contribution in [3.05, 3.63) is 35.0 Å². The molecular formula is C9H11NO2. The second-order valence-corrected chi connectivity index (χ2v) is 2.45. The molecule has 0 aliphatic carbocycles. The van der Waals surface area contributed by atoms with Crippen LogP contribution in [0.25, 0.3) is 0 Å². The second-order valence-electron chi connectivity index (χ2n) is 2.45. The summed E-state index contributed by atoms with van der Waals surface area (Å²) in [5.74, 6) is 0.792. The van der Waals surface area contributed by atoms with Gasteiger partial charge in [0.15, 0.2) is 6.21 Å².